The Morgan fingerprint density at radius 1 is 1.13 bits per heavy atom. The molecule has 8 nitrogen and oxygen atoms in total. The molecule has 8 heteroatoms. The van der Waals surface area contributed by atoms with E-state index in [-0.39, 0.29) is 42.8 Å². The number of imide groups is 1. The predicted octanol–water partition coefficient (Wildman–Crippen LogP) is 2.36. The van der Waals surface area contributed by atoms with Crippen molar-refractivity contribution in [3.8, 4) is 0 Å². The number of rotatable bonds is 8. The van der Waals surface area contributed by atoms with Crippen molar-refractivity contribution >= 4 is 23.8 Å². The molecule has 0 spiro atoms. The topological polar surface area (TPSA) is 105 Å². The zero-order valence-electron chi connectivity index (χ0n) is 18.9. The Morgan fingerprint density at radius 2 is 1.71 bits per heavy atom. The monoisotopic (exact) mass is 433 g/mol. The van der Waals surface area contributed by atoms with E-state index in [1.54, 1.807) is 13.8 Å². The average Bonchev–Trinajstić information content (AvgIpc) is 2.86. The van der Waals surface area contributed by atoms with Gasteiger partial charge in [-0.25, -0.2) is 4.79 Å². The van der Waals surface area contributed by atoms with Gasteiger partial charge in [-0.05, 0) is 88.9 Å². The molecule has 4 saturated carbocycles. The van der Waals surface area contributed by atoms with Crippen LogP contribution in [0.5, 0.6) is 0 Å². The molecule has 4 amide bonds. The molecule has 0 radical (unpaired) electrons. The van der Waals surface area contributed by atoms with Crippen LogP contribution in [-0.2, 0) is 19.1 Å². The first kappa shape index (κ1) is 22.1. The minimum absolute atomic E-state index is 0.0509. The summed E-state index contributed by atoms with van der Waals surface area (Å²) in [6.45, 7) is 5.26. The minimum atomic E-state index is -0.914. The molecule has 0 unspecified atom stereocenters. The molecule has 4 aliphatic carbocycles. The molecule has 0 aromatic heterocycles. The van der Waals surface area contributed by atoms with Crippen molar-refractivity contribution < 1.29 is 23.9 Å². The molecule has 1 aliphatic heterocycles. The van der Waals surface area contributed by atoms with E-state index < -0.39 is 17.5 Å². The number of nitrogens with one attached hydrogen (secondary N) is 2. The highest BCUT2D eigenvalue weighted by Crippen LogP contribution is 2.61. The smallest absolute Gasteiger partial charge is 0.325 e. The third-order valence-corrected chi connectivity index (χ3v) is 7.95. The number of carbonyl (C=O) groups excluding carboxylic acids is 4. The van der Waals surface area contributed by atoms with E-state index in [1.807, 2.05) is 0 Å². The van der Waals surface area contributed by atoms with Gasteiger partial charge in [0.05, 0.1) is 0 Å². The minimum Gasteiger partial charge on any atom is -0.456 e. The third kappa shape index (κ3) is 4.44. The van der Waals surface area contributed by atoms with E-state index in [9.17, 15) is 19.2 Å². The summed E-state index contributed by atoms with van der Waals surface area (Å²) in [5.41, 5.74) is -0.700. The summed E-state index contributed by atoms with van der Waals surface area (Å²) in [5.74, 6) is 1.40. The molecule has 0 aromatic rings. The standard InChI is InChI=1S/C23H35N3O5/c1-14(23-10-15-7-16(11-23)9-17(8-15)12-23)24-18(27)13-31-19(28)5-4-6-26-20(29)22(2,3)25-21(26)30/h14-17H,4-13H2,1-3H3,(H,24,27)(H,25,30)/t14-,15?,16?,17?,23?/m0/s1. The number of esters is 1. The maximum atomic E-state index is 12.4. The van der Waals surface area contributed by atoms with E-state index >= 15 is 0 Å². The summed E-state index contributed by atoms with van der Waals surface area (Å²) >= 11 is 0. The number of amides is 4. The van der Waals surface area contributed by atoms with Gasteiger partial charge in [-0.15, -0.1) is 0 Å². The molecule has 1 atom stereocenters. The van der Waals surface area contributed by atoms with Crippen molar-refractivity contribution in [1.29, 1.82) is 0 Å². The molecule has 1 saturated heterocycles. The van der Waals surface area contributed by atoms with Gasteiger partial charge in [0.1, 0.15) is 5.54 Å². The Balaban J connectivity index is 1.17. The van der Waals surface area contributed by atoms with Crippen molar-refractivity contribution in [2.45, 2.75) is 83.7 Å². The predicted molar refractivity (Wildman–Crippen MR) is 113 cm³/mol. The van der Waals surface area contributed by atoms with Crippen LogP contribution >= 0.6 is 0 Å². The van der Waals surface area contributed by atoms with Gasteiger partial charge in [-0.2, -0.15) is 0 Å². The first-order valence-corrected chi connectivity index (χ1v) is 11.7. The molecule has 0 aromatic carbocycles. The van der Waals surface area contributed by atoms with Crippen LogP contribution in [0.1, 0.15) is 72.1 Å². The quantitative estimate of drug-likeness (QED) is 0.452. The molecule has 1 heterocycles. The third-order valence-electron chi connectivity index (χ3n) is 7.95. The lowest BCUT2D eigenvalue weighted by molar-refractivity contribution is -0.149. The van der Waals surface area contributed by atoms with Crippen LogP contribution in [0, 0.1) is 23.2 Å². The van der Waals surface area contributed by atoms with Gasteiger partial charge < -0.3 is 15.4 Å². The summed E-state index contributed by atoms with van der Waals surface area (Å²) in [7, 11) is 0. The Labute approximate surface area is 183 Å². The lowest BCUT2D eigenvalue weighted by Gasteiger charge is -2.59. The van der Waals surface area contributed by atoms with E-state index in [0.29, 0.717) is 6.42 Å². The number of hydrogen-bond donors (Lipinski definition) is 2. The lowest BCUT2D eigenvalue weighted by Crippen LogP contribution is -2.56. The molecule has 2 N–H and O–H groups in total. The maximum Gasteiger partial charge on any atom is 0.325 e. The molecule has 5 aliphatic rings. The molecular formula is C23H35N3O5. The molecule has 31 heavy (non-hydrogen) atoms. The Bertz CT molecular complexity index is 742. The van der Waals surface area contributed by atoms with Crippen molar-refractivity contribution in [1.82, 2.24) is 15.5 Å². The fraction of sp³-hybridized carbons (Fsp3) is 0.826. The van der Waals surface area contributed by atoms with Crippen molar-refractivity contribution in [2.75, 3.05) is 13.2 Å². The highest BCUT2D eigenvalue weighted by molar-refractivity contribution is 6.06. The van der Waals surface area contributed by atoms with Gasteiger partial charge in [-0.3, -0.25) is 19.3 Å². The second-order valence-electron chi connectivity index (χ2n) is 10.8. The lowest BCUT2D eigenvalue weighted by atomic mass is 9.48. The van der Waals surface area contributed by atoms with Gasteiger partial charge in [-0.1, -0.05) is 0 Å². The van der Waals surface area contributed by atoms with E-state index in [1.165, 1.54) is 38.5 Å². The number of urea groups is 1. The summed E-state index contributed by atoms with van der Waals surface area (Å²) in [5, 5.41) is 5.70. The van der Waals surface area contributed by atoms with Crippen LogP contribution in [0.25, 0.3) is 0 Å². The van der Waals surface area contributed by atoms with Crippen LogP contribution < -0.4 is 10.6 Å². The van der Waals surface area contributed by atoms with Gasteiger partial charge in [0.2, 0.25) is 0 Å². The second kappa shape index (κ2) is 8.10. The molecule has 5 fully saturated rings. The summed E-state index contributed by atoms with van der Waals surface area (Å²) < 4.78 is 5.13. The number of hydrogen-bond acceptors (Lipinski definition) is 5. The van der Waals surface area contributed by atoms with Crippen molar-refractivity contribution in [3.05, 3.63) is 0 Å². The normalized spacial score (nSPS) is 33.9. The number of nitrogens with zero attached hydrogens (tertiary/aromatic N) is 1. The molecule has 172 valence electrons. The van der Waals surface area contributed by atoms with Crippen LogP contribution in [0.4, 0.5) is 4.79 Å². The zero-order chi connectivity index (χ0) is 22.4. The first-order valence-electron chi connectivity index (χ1n) is 11.7. The highest BCUT2D eigenvalue weighted by atomic mass is 16.5. The summed E-state index contributed by atoms with van der Waals surface area (Å²) in [6.07, 6.45) is 8.06. The van der Waals surface area contributed by atoms with Gasteiger partial charge in [0.15, 0.2) is 6.61 Å². The summed E-state index contributed by atoms with van der Waals surface area (Å²) in [6, 6.07) is -0.350. The SMILES string of the molecule is C[C@H](NC(=O)COC(=O)CCCN1C(=O)NC(C)(C)C1=O)C12CC3CC(CC(C3)C1)C2. The van der Waals surface area contributed by atoms with Gasteiger partial charge >= 0.3 is 12.0 Å². The Kier molecular flexibility index (Phi) is 5.77. The molecule has 5 rings (SSSR count). The van der Waals surface area contributed by atoms with Crippen LogP contribution in [0.15, 0.2) is 0 Å². The average molecular weight is 434 g/mol. The van der Waals surface area contributed by atoms with Crippen molar-refractivity contribution in [2.24, 2.45) is 23.2 Å². The van der Waals surface area contributed by atoms with E-state index in [4.69, 9.17) is 4.74 Å². The number of carbonyl (C=O) groups is 4. The Morgan fingerprint density at radius 3 is 2.23 bits per heavy atom. The largest absolute Gasteiger partial charge is 0.456 e. The van der Waals surface area contributed by atoms with Crippen LogP contribution in [-0.4, -0.2) is 53.4 Å². The fourth-order valence-corrected chi connectivity index (χ4v) is 6.76. The Hall–Kier alpha value is -2.12. The van der Waals surface area contributed by atoms with Gasteiger partial charge in [0.25, 0.3) is 11.8 Å². The van der Waals surface area contributed by atoms with E-state index in [2.05, 4.69) is 17.6 Å². The maximum absolute atomic E-state index is 12.4. The summed E-state index contributed by atoms with van der Waals surface area (Å²) in [4.78, 5) is 49.5. The second-order valence-corrected chi connectivity index (χ2v) is 10.8. The highest BCUT2D eigenvalue weighted by Gasteiger charge is 2.53. The zero-order valence-corrected chi connectivity index (χ0v) is 18.9. The van der Waals surface area contributed by atoms with Gasteiger partial charge in [0, 0.05) is 19.0 Å². The van der Waals surface area contributed by atoms with Crippen LogP contribution in [0.3, 0.4) is 0 Å². The molecular weight excluding hydrogens is 398 g/mol. The van der Waals surface area contributed by atoms with Crippen molar-refractivity contribution in [3.63, 3.8) is 0 Å². The van der Waals surface area contributed by atoms with Crippen LogP contribution in [0.2, 0.25) is 0 Å². The first-order chi connectivity index (χ1) is 14.6. The molecule has 4 bridgehead atoms. The fourth-order valence-electron chi connectivity index (χ4n) is 6.76. The number of ether oxygens (including phenoxy) is 1. The van der Waals surface area contributed by atoms with E-state index in [0.717, 1.165) is 22.7 Å².